The van der Waals surface area contributed by atoms with Crippen molar-refractivity contribution in [3.8, 4) is 0 Å². The van der Waals surface area contributed by atoms with Gasteiger partial charge < -0.3 is 10.2 Å². The molecule has 4 aromatic carbocycles. The molecule has 18 nitrogen and oxygen atoms in total. The zero-order valence-electron chi connectivity index (χ0n) is 28.9. The third-order valence-electron chi connectivity index (χ3n) is 7.26. The number of hydrogen-bond donors (Lipinski definition) is 2. The standard InChI is InChI=1S/C38H30O18/c39-22-29(40)27-18-11-19-28(37(47)55-52-34(44)24-14-5-2-6-15-24)32(27)38(48)56-50-31(42)21-10-9-20-30(41)49-53-35(45)25-16-7-8-17-26(25)36(46)54-51-33(43)23-12-3-1-4-13-23/h1-8,11-19,29,39-40H,9-10,20-22H2. The molecule has 18 heteroatoms. The van der Waals surface area contributed by atoms with Crippen LogP contribution in [-0.2, 0) is 48.7 Å². The van der Waals surface area contributed by atoms with Gasteiger partial charge in [0.05, 0.1) is 52.8 Å². The molecule has 290 valence electrons. The van der Waals surface area contributed by atoms with Crippen molar-refractivity contribution < 1.29 is 87.7 Å². The first-order valence-corrected chi connectivity index (χ1v) is 16.3. The molecular formula is C38H30O18. The smallest absolute Gasteiger partial charge is 0.387 e. The SMILES string of the molecule is O=C(CCCCC(=O)OOC(=O)c1c(C(=O)OOC(=O)c2ccccc2)cccc1C(O)CO)OOC(=O)c1ccccc1C(=O)OOC(=O)c1ccccc1. The molecule has 0 saturated carbocycles. The summed E-state index contributed by atoms with van der Waals surface area (Å²) in [5, 5.41) is 19.7. The maximum Gasteiger partial charge on any atom is 0.387 e. The molecule has 0 bridgehead atoms. The van der Waals surface area contributed by atoms with Crippen molar-refractivity contribution >= 4 is 47.8 Å². The number of benzene rings is 4. The Morgan fingerprint density at radius 2 is 0.804 bits per heavy atom. The Bertz CT molecular complexity index is 2060. The van der Waals surface area contributed by atoms with Gasteiger partial charge in [-0.3, -0.25) is 0 Å². The normalized spacial score (nSPS) is 10.8. The van der Waals surface area contributed by atoms with E-state index in [2.05, 4.69) is 39.1 Å². The van der Waals surface area contributed by atoms with Gasteiger partial charge in [0.2, 0.25) is 0 Å². The van der Waals surface area contributed by atoms with Crippen molar-refractivity contribution in [2.45, 2.75) is 31.8 Å². The van der Waals surface area contributed by atoms with Crippen LogP contribution in [0.1, 0.15) is 99.5 Å². The second-order valence-corrected chi connectivity index (χ2v) is 11.1. The monoisotopic (exact) mass is 774 g/mol. The molecule has 1 atom stereocenters. The van der Waals surface area contributed by atoms with E-state index in [1.807, 2.05) is 0 Å². The van der Waals surface area contributed by atoms with Crippen LogP contribution < -0.4 is 0 Å². The number of rotatable bonds is 13. The van der Waals surface area contributed by atoms with Crippen molar-refractivity contribution in [3.63, 3.8) is 0 Å². The van der Waals surface area contributed by atoms with E-state index in [1.165, 1.54) is 66.7 Å². The van der Waals surface area contributed by atoms with Crippen LogP contribution in [0.15, 0.2) is 103 Å². The Morgan fingerprint density at radius 1 is 0.429 bits per heavy atom. The van der Waals surface area contributed by atoms with Gasteiger partial charge in [0.15, 0.2) is 0 Å². The number of aliphatic hydroxyl groups excluding tert-OH is 2. The molecule has 0 aliphatic carbocycles. The molecule has 0 heterocycles. The molecule has 0 amide bonds. The average Bonchev–Trinajstić information content (AvgIpc) is 3.24. The Kier molecular flexibility index (Phi) is 15.3. The van der Waals surface area contributed by atoms with Crippen molar-refractivity contribution in [1.29, 1.82) is 0 Å². The third-order valence-corrected chi connectivity index (χ3v) is 7.26. The number of carbonyl (C=O) groups excluding carboxylic acids is 8. The predicted molar refractivity (Wildman–Crippen MR) is 181 cm³/mol. The minimum atomic E-state index is -1.70. The number of hydrogen-bond acceptors (Lipinski definition) is 18. The van der Waals surface area contributed by atoms with Gasteiger partial charge in [-0.1, -0.05) is 60.7 Å². The fraction of sp³-hybridized carbons (Fsp3) is 0.158. The van der Waals surface area contributed by atoms with Crippen LogP contribution in [0.3, 0.4) is 0 Å². The van der Waals surface area contributed by atoms with Crippen LogP contribution in [0.4, 0.5) is 0 Å². The zero-order valence-corrected chi connectivity index (χ0v) is 28.9. The van der Waals surface area contributed by atoms with E-state index in [1.54, 1.807) is 24.3 Å². The first kappa shape index (κ1) is 41.3. The van der Waals surface area contributed by atoms with Gasteiger partial charge in [-0.05, 0) is 60.9 Å². The molecule has 0 aliphatic rings. The molecule has 56 heavy (non-hydrogen) atoms. The summed E-state index contributed by atoms with van der Waals surface area (Å²) in [6.07, 6.45) is -2.52. The lowest BCUT2D eigenvalue weighted by Crippen LogP contribution is -2.21. The molecule has 0 spiro atoms. The molecule has 0 radical (unpaired) electrons. The number of aliphatic hydroxyl groups is 2. The van der Waals surface area contributed by atoms with Gasteiger partial charge in [0.1, 0.15) is 6.10 Å². The fourth-order valence-corrected chi connectivity index (χ4v) is 4.55. The lowest BCUT2D eigenvalue weighted by molar-refractivity contribution is -0.235. The van der Waals surface area contributed by atoms with E-state index < -0.39 is 78.0 Å². The maximum atomic E-state index is 12.9. The van der Waals surface area contributed by atoms with Crippen LogP contribution in [0, 0.1) is 0 Å². The molecule has 2 N–H and O–H groups in total. The van der Waals surface area contributed by atoms with Gasteiger partial charge in [0, 0.05) is 0 Å². The Morgan fingerprint density at radius 3 is 1.27 bits per heavy atom. The average molecular weight is 775 g/mol. The van der Waals surface area contributed by atoms with E-state index in [0.29, 0.717) is 0 Å². The summed E-state index contributed by atoms with van der Waals surface area (Å²) in [7, 11) is 0. The van der Waals surface area contributed by atoms with Crippen LogP contribution >= 0.6 is 0 Å². The number of carbonyl (C=O) groups is 8. The molecular weight excluding hydrogens is 744 g/mol. The number of unbranched alkanes of at least 4 members (excludes halogenated alkanes) is 1. The predicted octanol–water partition coefficient (Wildman–Crippen LogP) is 4.06. The molecule has 4 aromatic rings. The highest BCUT2D eigenvalue weighted by Gasteiger charge is 2.29. The van der Waals surface area contributed by atoms with E-state index in [4.69, 9.17) is 0 Å². The van der Waals surface area contributed by atoms with E-state index in [9.17, 15) is 48.6 Å². The Labute approximate surface area is 315 Å². The molecule has 0 aliphatic heterocycles. The van der Waals surface area contributed by atoms with E-state index in [0.717, 1.165) is 12.1 Å². The van der Waals surface area contributed by atoms with Crippen LogP contribution in [0.2, 0.25) is 0 Å². The van der Waals surface area contributed by atoms with Gasteiger partial charge in [-0.2, -0.15) is 0 Å². The lowest BCUT2D eigenvalue weighted by atomic mass is 9.97. The maximum absolute atomic E-state index is 12.9. The van der Waals surface area contributed by atoms with Gasteiger partial charge in [0.25, 0.3) is 0 Å². The zero-order chi connectivity index (χ0) is 40.5. The summed E-state index contributed by atoms with van der Waals surface area (Å²) < 4.78 is 0. The summed E-state index contributed by atoms with van der Waals surface area (Å²) in [4.78, 5) is 136. The summed E-state index contributed by atoms with van der Waals surface area (Å²) in [5.41, 5.74) is -2.19. The molecule has 1 unspecified atom stereocenters. The van der Waals surface area contributed by atoms with E-state index in [-0.39, 0.29) is 47.1 Å². The molecule has 0 saturated heterocycles. The Hall–Kier alpha value is -7.44. The van der Waals surface area contributed by atoms with Crippen molar-refractivity contribution in [1.82, 2.24) is 0 Å². The highest BCUT2D eigenvalue weighted by molar-refractivity contribution is 6.05. The van der Waals surface area contributed by atoms with Gasteiger partial charge in [-0.15, -0.1) is 0 Å². The summed E-state index contributed by atoms with van der Waals surface area (Å²) >= 11 is 0. The second-order valence-electron chi connectivity index (χ2n) is 11.1. The topological polar surface area (TPSA) is 251 Å². The summed E-state index contributed by atoms with van der Waals surface area (Å²) in [6.45, 7) is -0.890. The second kappa shape index (κ2) is 20.7. The van der Waals surface area contributed by atoms with E-state index >= 15 is 0 Å². The highest BCUT2D eigenvalue weighted by Crippen LogP contribution is 2.24. The Balaban J connectivity index is 1.22. The lowest BCUT2D eigenvalue weighted by Gasteiger charge is -2.15. The minimum Gasteiger partial charge on any atom is -0.393 e. The van der Waals surface area contributed by atoms with Crippen LogP contribution in [0.25, 0.3) is 0 Å². The van der Waals surface area contributed by atoms with Crippen LogP contribution in [-0.4, -0.2) is 64.6 Å². The summed E-state index contributed by atoms with van der Waals surface area (Å²) in [6, 6.07) is 23.6. The first-order valence-electron chi connectivity index (χ1n) is 16.3. The minimum absolute atomic E-state index is 0.0155. The van der Waals surface area contributed by atoms with Crippen molar-refractivity contribution in [2.24, 2.45) is 0 Å². The van der Waals surface area contributed by atoms with Crippen LogP contribution in [0.5, 0.6) is 0 Å². The van der Waals surface area contributed by atoms with Gasteiger partial charge in [-0.25, -0.2) is 77.5 Å². The molecule has 0 aromatic heterocycles. The summed E-state index contributed by atoms with van der Waals surface area (Å²) in [5.74, 6) is -9.46. The van der Waals surface area contributed by atoms with Crippen molar-refractivity contribution in [2.75, 3.05) is 6.61 Å². The molecule has 0 fully saturated rings. The first-order chi connectivity index (χ1) is 27.0. The van der Waals surface area contributed by atoms with Crippen molar-refractivity contribution in [3.05, 3.63) is 142 Å². The quantitative estimate of drug-likeness (QED) is 0.110. The molecule has 4 rings (SSSR count). The fourth-order valence-electron chi connectivity index (χ4n) is 4.55. The largest absolute Gasteiger partial charge is 0.393 e. The van der Waals surface area contributed by atoms with Gasteiger partial charge >= 0.3 is 47.8 Å². The third kappa shape index (κ3) is 11.8. The highest BCUT2D eigenvalue weighted by atomic mass is 17.2.